The van der Waals surface area contributed by atoms with Crippen molar-refractivity contribution < 1.29 is 23.6 Å². The minimum absolute atomic E-state index is 0.00442. The third-order valence-electron chi connectivity index (χ3n) is 5.09. The molecular weight excluding hydrogens is 362 g/mol. The summed E-state index contributed by atoms with van der Waals surface area (Å²) < 4.78 is 16.7. The normalized spacial score (nSPS) is 22.0. The van der Waals surface area contributed by atoms with Gasteiger partial charge in [0.2, 0.25) is 6.10 Å². The van der Waals surface area contributed by atoms with E-state index in [9.17, 15) is 9.59 Å². The minimum atomic E-state index is -0.667. The molecule has 8 nitrogen and oxygen atoms in total. The molecule has 1 aromatic heterocycles. The Labute approximate surface area is 162 Å². The number of carbonyl (C=O) groups is 2. The smallest absolute Gasteiger partial charge is 0.273 e. The lowest BCUT2D eigenvalue weighted by molar-refractivity contribution is -0.145. The number of piperidine rings is 1. The Hall–Kier alpha value is -3.03. The highest BCUT2D eigenvalue weighted by Gasteiger charge is 2.38. The summed E-state index contributed by atoms with van der Waals surface area (Å²) >= 11 is 0. The van der Waals surface area contributed by atoms with Gasteiger partial charge in [-0.2, -0.15) is 0 Å². The number of para-hydroxylation sites is 2. The average Bonchev–Trinajstić information content (AvgIpc) is 3.14. The maximum Gasteiger partial charge on any atom is 0.273 e. The van der Waals surface area contributed by atoms with E-state index in [0.29, 0.717) is 43.2 Å². The van der Waals surface area contributed by atoms with Crippen LogP contribution in [0.4, 0.5) is 0 Å². The van der Waals surface area contributed by atoms with Crippen molar-refractivity contribution in [1.82, 2.24) is 15.4 Å². The molecule has 2 aliphatic rings. The highest BCUT2D eigenvalue weighted by atomic mass is 16.6. The van der Waals surface area contributed by atoms with Crippen molar-refractivity contribution in [3.05, 3.63) is 41.8 Å². The van der Waals surface area contributed by atoms with Crippen molar-refractivity contribution in [3.63, 3.8) is 0 Å². The SMILES string of the molecule is Cc1cc(C(=O)NC2CCN(C(=O)[C@H]3Oc4ccccc4O[C@H]3C)CC2)no1. The van der Waals surface area contributed by atoms with E-state index in [0.717, 1.165) is 0 Å². The number of hydrogen-bond acceptors (Lipinski definition) is 6. The van der Waals surface area contributed by atoms with Crippen LogP contribution in [0.2, 0.25) is 0 Å². The third kappa shape index (κ3) is 3.67. The van der Waals surface area contributed by atoms with Gasteiger partial charge in [0.25, 0.3) is 11.8 Å². The molecule has 1 aromatic carbocycles. The van der Waals surface area contributed by atoms with Gasteiger partial charge in [-0.3, -0.25) is 9.59 Å². The summed E-state index contributed by atoms with van der Waals surface area (Å²) in [5.41, 5.74) is 0.274. The molecule has 2 aromatic rings. The van der Waals surface area contributed by atoms with Gasteiger partial charge in [0, 0.05) is 25.2 Å². The molecule has 148 valence electrons. The fourth-order valence-electron chi connectivity index (χ4n) is 3.55. The highest BCUT2D eigenvalue weighted by molar-refractivity contribution is 5.92. The lowest BCUT2D eigenvalue weighted by atomic mass is 10.0. The second kappa shape index (κ2) is 7.53. The quantitative estimate of drug-likeness (QED) is 0.868. The van der Waals surface area contributed by atoms with Crippen molar-refractivity contribution in [2.24, 2.45) is 0 Å². The first kappa shape index (κ1) is 18.3. The van der Waals surface area contributed by atoms with Crippen molar-refractivity contribution in [2.45, 2.75) is 44.9 Å². The fourth-order valence-corrected chi connectivity index (χ4v) is 3.55. The number of aryl methyl sites for hydroxylation is 1. The maximum atomic E-state index is 12.9. The number of fused-ring (bicyclic) bond motifs is 1. The van der Waals surface area contributed by atoms with E-state index >= 15 is 0 Å². The molecule has 0 radical (unpaired) electrons. The molecule has 0 bridgehead atoms. The van der Waals surface area contributed by atoms with Crippen molar-refractivity contribution in [3.8, 4) is 11.5 Å². The van der Waals surface area contributed by atoms with Crippen LogP contribution in [0.5, 0.6) is 11.5 Å². The van der Waals surface area contributed by atoms with E-state index in [1.54, 1.807) is 24.0 Å². The number of amides is 2. The Morgan fingerprint density at radius 2 is 1.82 bits per heavy atom. The van der Waals surface area contributed by atoms with Crippen LogP contribution >= 0.6 is 0 Å². The van der Waals surface area contributed by atoms with Gasteiger partial charge in [0.1, 0.15) is 11.9 Å². The minimum Gasteiger partial charge on any atom is -0.482 e. The van der Waals surface area contributed by atoms with E-state index in [2.05, 4.69) is 10.5 Å². The molecule has 4 rings (SSSR count). The standard InChI is InChI=1S/C20H23N3O5/c1-12-11-15(22-28-12)19(24)21-14-7-9-23(10-8-14)20(25)18-13(2)26-16-5-3-4-6-17(16)27-18/h3-6,11,13-14,18H,7-10H2,1-2H3,(H,21,24)/t13-,18-/m0/s1. The van der Waals surface area contributed by atoms with Gasteiger partial charge in [0.05, 0.1) is 0 Å². The summed E-state index contributed by atoms with van der Waals surface area (Å²) in [5, 5.41) is 6.68. The lowest BCUT2D eigenvalue weighted by Gasteiger charge is -2.37. The number of carbonyl (C=O) groups excluding carboxylic acids is 2. The monoisotopic (exact) mass is 385 g/mol. The lowest BCUT2D eigenvalue weighted by Crippen LogP contribution is -2.54. The van der Waals surface area contributed by atoms with Crippen LogP contribution in [-0.2, 0) is 4.79 Å². The molecule has 1 saturated heterocycles. The van der Waals surface area contributed by atoms with E-state index in [-0.39, 0.29) is 29.7 Å². The summed E-state index contributed by atoms with van der Waals surface area (Å²) in [6, 6.07) is 8.95. The maximum absolute atomic E-state index is 12.9. The molecule has 1 fully saturated rings. The zero-order valence-corrected chi connectivity index (χ0v) is 15.9. The number of benzene rings is 1. The number of aromatic nitrogens is 1. The predicted molar refractivity (Wildman–Crippen MR) is 99.3 cm³/mol. The second-order valence-electron chi connectivity index (χ2n) is 7.20. The second-order valence-corrected chi connectivity index (χ2v) is 7.20. The first-order valence-corrected chi connectivity index (χ1v) is 9.46. The zero-order chi connectivity index (χ0) is 19.7. The van der Waals surface area contributed by atoms with E-state index < -0.39 is 6.10 Å². The van der Waals surface area contributed by atoms with Gasteiger partial charge in [-0.25, -0.2) is 0 Å². The molecule has 0 aliphatic carbocycles. The molecule has 0 saturated carbocycles. The number of nitrogens with zero attached hydrogens (tertiary/aromatic N) is 2. The topological polar surface area (TPSA) is 93.9 Å². The van der Waals surface area contributed by atoms with Crippen LogP contribution in [0.3, 0.4) is 0 Å². The van der Waals surface area contributed by atoms with Gasteiger partial charge in [-0.05, 0) is 38.8 Å². The van der Waals surface area contributed by atoms with Crippen LogP contribution in [0.1, 0.15) is 36.0 Å². The van der Waals surface area contributed by atoms with Gasteiger partial charge in [-0.15, -0.1) is 0 Å². The molecule has 0 unspecified atom stereocenters. The molecule has 2 aliphatic heterocycles. The molecule has 8 heteroatoms. The van der Waals surface area contributed by atoms with Crippen LogP contribution in [0, 0.1) is 6.92 Å². The Morgan fingerprint density at radius 1 is 1.14 bits per heavy atom. The van der Waals surface area contributed by atoms with E-state index in [4.69, 9.17) is 14.0 Å². The summed E-state index contributed by atoms with van der Waals surface area (Å²) in [6.07, 6.45) is 0.314. The van der Waals surface area contributed by atoms with E-state index in [1.807, 2.05) is 25.1 Å². The molecular formula is C20H23N3O5. The summed E-state index contributed by atoms with van der Waals surface area (Å²) in [4.78, 5) is 26.9. The van der Waals surface area contributed by atoms with E-state index in [1.165, 1.54) is 0 Å². The number of hydrogen-bond donors (Lipinski definition) is 1. The number of rotatable bonds is 3. The molecule has 1 N–H and O–H groups in total. The van der Waals surface area contributed by atoms with Gasteiger partial charge < -0.3 is 24.2 Å². The fraction of sp³-hybridized carbons (Fsp3) is 0.450. The molecule has 28 heavy (non-hydrogen) atoms. The average molecular weight is 385 g/mol. The molecule has 3 heterocycles. The predicted octanol–water partition coefficient (Wildman–Crippen LogP) is 1.93. The zero-order valence-electron chi connectivity index (χ0n) is 15.9. The summed E-state index contributed by atoms with van der Waals surface area (Å²) in [5.74, 6) is 1.50. The van der Waals surface area contributed by atoms with Crippen LogP contribution < -0.4 is 14.8 Å². The molecule has 0 spiro atoms. The number of likely N-dealkylation sites (tertiary alicyclic amines) is 1. The van der Waals surface area contributed by atoms with Gasteiger partial charge in [0.15, 0.2) is 17.2 Å². The number of ether oxygens (including phenoxy) is 2. The van der Waals surface area contributed by atoms with Gasteiger partial charge >= 0.3 is 0 Å². The van der Waals surface area contributed by atoms with Crippen molar-refractivity contribution in [1.29, 1.82) is 0 Å². The third-order valence-corrected chi connectivity index (χ3v) is 5.09. The Balaban J connectivity index is 1.32. The summed E-state index contributed by atoms with van der Waals surface area (Å²) in [7, 11) is 0. The summed E-state index contributed by atoms with van der Waals surface area (Å²) in [6.45, 7) is 4.68. The largest absolute Gasteiger partial charge is 0.482 e. The van der Waals surface area contributed by atoms with Crippen molar-refractivity contribution in [2.75, 3.05) is 13.1 Å². The molecule has 2 atom stereocenters. The first-order valence-electron chi connectivity index (χ1n) is 9.46. The Bertz CT molecular complexity index is 872. The van der Waals surface area contributed by atoms with Crippen molar-refractivity contribution >= 4 is 11.8 Å². The first-order chi connectivity index (χ1) is 13.5. The van der Waals surface area contributed by atoms with Crippen LogP contribution in [0.25, 0.3) is 0 Å². The Kier molecular flexibility index (Phi) is 4.93. The molecule has 2 amide bonds. The highest BCUT2D eigenvalue weighted by Crippen LogP contribution is 2.34. The Morgan fingerprint density at radius 3 is 2.46 bits per heavy atom. The van der Waals surface area contributed by atoms with Crippen LogP contribution in [0.15, 0.2) is 34.9 Å². The van der Waals surface area contributed by atoms with Crippen LogP contribution in [-0.4, -0.2) is 53.2 Å². The number of nitrogens with one attached hydrogen (secondary N) is 1. The van der Waals surface area contributed by atoms with Gasteiger partial charge in [-0.1, -0.05) is 17.3 Å².